The van der Waals surface area contributed by atoms with Crippen LogP contribution in [0, 0.1) is 0 Å². The minimum absolute atomic E-state index is 0.0343. The first kappa shape index (κ1) is 21.0. The molecule has 160 valence electrons. The van der Waals surface area contributed by atoms with Crippen molar-refractivity contribution in [3.05, 3.63) is 78.6 Å². The van der Waals surface area contributed by atoms with E-state index in [9.17, 15) is 13.2 Å². The van der Waals surface area contributed by atoms with E-state index in [2.05, 4.69) is 10.3 Å². The maximum absolute atomic E-state index is 13.1. The van der Waals surface area contributed by atoms with Gasteiger partial charge in [0.1, 0.15) is 11.5 Å². The SMILES string of the molecule is O=C(Nc1ccc(Oc2ccncc2)cc1)c1ccccc1S(=O)(=O)N1CCCCC1. The van der Waals surface area contributed by atoms with Crippen LogP contribution in [0.2, 0.25) is 0 Å². The van der Waals surface area contributed by atoms with Gasteiger partial charge in [-0.2, -0.15) is 4.31 Å². The second-order valence-corrected chi connectivity index (χ2v) is 9.13. The Kier molecular flexibility index (Phi) is 6.29. The van der Waals surface area contributed by atoms with Gasteiger partial charge >= 0.3 is 0 Å². The van der Waals surface area contributed by atoms with Crippen molar-refractivity contribution < 1.29 is 17.9 Å². The van der Waals surface area contributed by atoms with Crippen molar-refractivity contribution in [3.8, 4) is 11.5 Å². The van der Waals surface area contributed by atoms with Crippen LogP contribution in [0.3, 0.4) is 0 Å². The fourth-order valence-corrected chi connectivity index (χ4v) is 5.18. The van der Waals surface area contributed by atoms with Crippen LogP contribution in [-0.2, 0) is 10.0 Å². The highest BCUT2D eigenvalue weighted by atomic mass is 32.2. The summed E-state index contributed by atoms with van der Waals surface area (Å²) < 4.78 is 33.4. The second-order valence-electron chi connectivity index (χ2n) is 7.22. The highest BCUT2D eigenvalue weighted by Crippen LogP contribution is 2.26. The summed E-state index contributed by atoms with van der Waals surface area (Å²) >= 11 is 0. The molecule has 2 heterocycles. The summed E-state index contributed by atoms with van der Waals surface area (Å²) in [4.78, 5) is 16.9. The zero-order valence-electron chi connectivity index (χ0n) is 16.9. The van der Waals surface area contributed by atoms with Crippen molar-refractivity contribution in [2.75, 3.05) is 18.4 Å². The quantitative estimate of drug-likeness (QED) is 0.621. The summed E-state index contributed by atoms with van der Waals surface area (Å²) in [5, 5.41) is 2.78. The molecular formula is C23H23N3O4S. The standard InChI is InChI=1S/C23H23N3O4S/c27-23(25-18-8-10-19(11-9-18)30-20-12-14-24-15-13-20)21-6-2-3-7-22(21)31(28,29)26-16-4-1-5-17-26/h2-3,6-15H,1,4-5,16-17H2,(H,25,27). The molecule has 1 aliphatic rings. The summed E-state index contributed by atoms with van der Waals surface area (Å²) in [5.74, 6) is 0.792. The molecule has 0 radical (unpaired) electrons. The lowest BCUT2D eigenvalue weighted by Crippen LogP contribution is -2.36. The van der Waals surface area contributed by atoms with E-state index in [4.69, 9.17) is 4.74 Å². The van der Waals surface area contributed by atoms with Crippen LogP contribution in [-0.4, -0.2) is 36.7 Å². The number of anilines is 1. The molecule has 1 aliphatic heterocycles. The normalized spacial score (nSPS) is 14.7. The number of rotatable bonds is 6. The Morgan fingerprint density at radius 2 is 1.52 bits per heavy atom. The van der Waals surface area contributed by atoms with E-state index in [0.717, 1.165) is 19.3 Å². The molecule has 1 aromatic heterocycles. The van der Waals surface area contributed by atoms with Crippen molar-refractivity contribution in [2.45, 2.75) is 24.2 Å². The molecule has 1 fully saturated rings. The smallest absolute Gasteiger partial charge is 0.257 e. The predicted molar refractivity (Wildman–Crippen MR) is 118 cm³/mol. The number of pyridine rings is 1. The second kappa shape index (κ2) is 9.28. The molecule has 4 rings (SSSR count). The molecular weight excluding hydrogens is 414 g/mol. The Hall–Kier alpha value is -3.23. The van der Waals surface area contributed by atoms with E-state index in [1.807, 2.05) is 0 Å². The Morgan fingerprint density at radius 1 is 0.871 bits per heavy atom. The lowest BCUT2D eigenvalue weighted by Gasteiger charge is -2.26. The van der Waals surface area contributed by atoms with Crippen LogP contribution < -0.4 is 10.1 Å². The van der Waals surface area contributed by atoms with Crippen molar-refractivity contribution in [2.24, 2.45) is 0 Å². The zero-order chi connectivity index (χ0) is 21.7. The van der Waals surface area contributed by atoms with Crippen LogP contribution in [0.5, 0.6) is 11.5 Å². The van der Waals surface area contributed by atoms with Gasteiger partial charge in [-0.3, -0.25) is 9.78 Å². The minimum Gasteiger partial charge on any atom is -0.457 e. The number of sulfonamides is 1. The fourth-order valence-electron chi connectivity index (χ4n) is 3.47. The van der Waals surface area contributed by atoms with Gasteiger partial charge in [0.15, 0.2) is 0 Å². The third-order valence-electron chi connectivity index (χ3n) is 5.06. The number of hydrogen-bond acceptors (Lipinski definition) is 5. The number of hydrogen-bond donors (Lipinski definition) is 1. The minimum atomic E-state index is -3.72. The molecule has 0 bridgehead atoms. The predicted octanol–water partition coefficient (Wildman–Crippen LogP) is 4.30. The van der Waals surface area contributed by atoms with Gasteiger partial charge in [-0.25, -0.2) is 8.42 Å². The molecule has 1 amide bonds. The summed E-state index contributed by atoms with van der Waals surface area (Å²) in [6, 6.07) is 16.7. The van der Waals surface area contributed by atoms with Gasteiger partial charge in [0.2, 0.25) is 10.0 Å². The molecule has 3 aromatic rings. The lowest BCUT2D eigenvalue weighted by atomic mass is 10.2. The van der Waals surface area contributed by atoms with Crippen LogP contribution in [0.4, 0.5) is 5.69 Å². The van der Waals surface area contributed by atoms with Crippen LogP contribution in [0.1, 0.15) is 29.6 Å². The Morgan fingerprint density at radius 3 is 2.23 bits per heavy atom. The molecule has 1 N–H and O–H groups in total. The number of nitrogens with zero attached hydrogens (tertiary/aromatic N) is 2. The van der Waals surface area contributed by atoms with E-state index in [0.29, 0.717) is 30.3 Å². The summed E-state index contributed by atoms with van der Waals surface area (Å²) in [5.41, 5.74) is 0.669. The van der Waals surface area contributed by atoms with Crippen molar-refractivity contribution >= 4 is 21.6 Å². The molecule has 31 heavy (non-hydrogen) atoms. The monoisotopic (exact) mass is 437 g/mol. The van der Waals surface area contributed by atoms with E-state index in [1.54, 1.807) is 60.9 Å². The average Bonchev–Trinajstić information content (AvgIpc) is 2.81. The molecule has 8 heteroatoms. The topological polar surface area (TPSA) is 88.6 Å². The van der Waals surface area contributed by atoms with Crippen LogP contribution in [0.15, 0.2) is 78.0 Å². The molecule has 0 atom stereocenters. The van der Waals surface area contributed by atoms with Gasteiger partial charge in [-0.15, -0.1) is 0 Å². The number of benzene rings is 2. The number of piperidine rings is 1. The summed E-state index contributed by atoms with van der Waals surface area (Å²) in [6.07, 6.45) is 5.97. The largest absolute Gasteiger partial charge is 0.457 e. The van der Waals surface area contributed by atoms with Crippen molar-refractivity contribution in [3.63, 3.8) is 0 Å². The highest BCUT2D eigenvalue weighted by Gasteiger charge is 2.29. The fraction of sp³-hybridized carbons (Fsp3) is 0.217. The van der Waals surface area contributed by atoms with Gasteiger partial charge in [0.05, 0.1) is 10.5 Å². The maximum atomic E-state index is 13.1. The molecule has 2 aromatic carbocycles. The van der Waals surface area contributed by atoms with Gasteiger partial charge in [0.25, 0.3) is 5.91 Å². The zero-order valence-corrected chi connectivity index (χ0v) is 17.7. The Bertz CT molecular complexity index is 1140. The molecule has 0 saturated carbocycles. The van der Waals surface area contributed by atoms with Gasteiger partial charge in [-0.1, -0.05) is 18.6 Å². The summed E-state index contributed by atoms with van der Waals surface area (Å²) in [7, 11) is -3.72. The van der Waals surface area contributed by atoms with E-state index < -0.39 is 15.9 Å². The van der Waals surface area contributed by atoms with Gasteiger partial charge < -0.3 is 10.1 Å². The number of nitrogens with one attached hydrogen (secondary N) is 1. The number of carbonyl (C=O) groups excluding carboxylic acids is 1. The third-order valence-corrected chi connectivity index (χ3v) is 7.02. The Balaban J connectivity index is 1.50. The van der Waals surface area contributed by atoms with Crippen molar-refractivity contribution in [1.82, 2.24) is 9.29 Å². The first-order chi connectivity index (χ1) is 15.0. The molecule has 0 spiro atoms. The first-order valence-corrected chi connectivity index (χ1v) is 11.6. The summed E-state index contributed by atoms with van der Waals surface area (Å²) in [6.45, 7) is 0.967. The molecule has 7 nitrogen and oxygen atoms in total. The van der Waals surface area contributed by atoms with E-state index in [1.165, 1.54) is 16.4 Å². The van der Waals surface area contributed by atoms with E-state index in [-0.39, 0.29) is 10.5 Å². The maximum Gasteiger partial charge on any atom is 0.257 e. The van der Waals surface area contributed by atoms with Crippen LogP contribution >= 0.6 is 0 Å². The molecule has 0 aliphatic carbocycles. The molecule has 1 saturated heterocycles. The number of aromatic nitrogens is 1. The van der Waals surface area contributed by atoms with Gasteiger partial charge in [0, 0.05) is 31.2 Å². The van der Waals surface area contributed by atoms with Crippen LogP contribution in [0.25, 0.3) is 0 Å². The average molecular weight is 438 g/mol. The van der Waals surface area contributed by atoms with E-state index >= 15 is 0 Å². The number of ether oxygens (including phenoxy) is 1. The number of amides is 1. The number of carbonyl (C=O) groups is 1. The first-order valence-electron chi connectivity index (χ1n) is 10.1. The van der Waals surface area contributed by atoms with Crippen molar-refractivity contribution in [1.29, 1.82) is 0 Å². The highest BCUT2D eigenvalue weighted by molar-refractivity contribution is 7.89. The molecule has 0 unspecified atom stereocenters. The van der Waals surface area contributed by atoms with Gasteiger partial charge in [-0.05, 0) is 61.4 Å². The Labute approximate surface area is 181 Å². The lowest BCUT2D eigenvalue weighted by molar-refractivity contribution is 0.102. The third kappa shape index (κ3) is 4.92.